The second-order valence-electron chi connectivity index (χ2n) is 16.6. The Kier molecular flexibility index (Phi) is 8.21. The maximum Gasteiger partial charge on any atom is 0.164 e. The van der Waals surface area contributed by atoms with Crippen molar-refractivity contribution in [1.82, 2.24) is 15.0 Å². The smallest absolute Gasteiger partial charge is 0.164 e. The quantitative estimate of drug-likeness (QED) is 0.152. The van der Waals surface area contributed by atoms with Crippen molar-refractivity contribution in [2.24, 2.45) is 0 Å². The Hall–Kier alpha value is -8.77. The van der Waals surface area contributed by atoms with Crippen molar-refractivity contribution < 1.29 is 12.6 Å². The second kappa shape index (κ2) is 16.6. The molecule has 0 spiro atoms. The third-order valence-corrected chi connectivity index (χ3v) is 13.8. The van der Waals surface area contributed by atoms with Gasteiger partial charge in [-0.2, -0.15) is 0 Å². The lowest BCUT2D eigenvalue weighted by atomic mass is 9.96. The van der Waals surface area contributed by atoms with E-state index in [1.54, 1.807) is 11.3 Å². The van der Waals surface area contributed by atoms with Crippen LogP contribution in [0.1, 0.15) is 8.22 Å². The van der Waals surface area contributed by atoms with Crippen molar-refractivity contribution in [2.45, 2.75) is 0 Å². The molecule has 0 N–H and O–H groups in total. The van der Waals surface area contributed by atoms with Crippen molar-refractivity contribution in [3.63, 3.8) is 0 Å². The monoisotopic (exact) mass is 891 g/mol. The lowest BCUT2D eigenvalue weighted by Crippen LogP contribution is -2.00. The van der Waals surface area contributed by atoms with E-state index in [0.29, 0.717) is 28.3 Å². The van der Waals surface area contributed by atoms with Crippen LogP contribution in [0.15, 0.2) is 241 Å². The SMILES string of the molecule is [2H]c1c([2H])c(-c2cccc(-c3ccccc3)c2)c2c(oc3c([2H])c(-c4nc(-c5ccc(-c6ccccc6)cc5)nc(-c5ccc(-c6cccc7c6sc6c(-c8ccccc8)cccc67)cc5)n4)c([2H])c([2H])c32)c1[2H]. The summed E-state index contributed by atoms with van der Waals surface area (Å²) in [7, 11) is 0. The number of hydrogen-bond donors (Lipinski definition) is 0. The van der Waals surface area contributed by atoms with Gasteiger partial charge in [0.1, 0.15) is 11.2 Å². The molecule has 13 rings (SSSR count). The van der Waals surface area contributed by atoms with Crippen molar-refractivity contribution in [1.29, 1.82) is 0 Å². The van der Waals surface area contributed by atoms with E-state index in [-0.39, 0.29) is 75.1 Å². The summed E-state index contributed by atoms with van der Waals surface area (Å²) in [5, 5.41) is 2.73. The van der Waals surface area contributed by atoms with Gasteiger partial charge in [0, 0.05) is 47.6 Å². The van der Waals surface area contributed by atoms with Crippen LogP contribution in [0, 0.1) is 0 Å². The van der Waals surface area contributed by atoms with Gasteiger partial charge in [0.05, 0.1) is 8.22 Å². The molecule has 0 radical (unpaired) electrons. The minimum Gasteiger partial charge on any atom is -0.456 e. The number of thiophene rings is 1. The third-order valence-electron chi connectivity index (χ3n) is 12.5. The molecule has 0 saturated carbocycles. The fourth-order valence-corrected chi connectivity index (χ4v) is 10.5. The number of aromatic nitrogens is 3. The first kappa shape index (κ1) is 33.7. The van der Waals surface area contributed by atoms with E-state index < -0.39 is 0 Å². The number of nitrogens with zero attached hydrogens (tertiary/aromatic N) is 3. The van der Waals surface area contributed by atoms with E-state index in [2.05, 4.69) is 72.8 Å². The number of rotatable bonds is 8. The summed E-state index contributed by atoms with van der Waals surface area (Å²) < 4.78 is 64.9. The number of benzene rings is 10. The molecule has 0 aliphatic carbocycles. The van der Waals surface area contributed by atoms with E-state index in [9.17, 15) is 5.48 Å². The van der Waals surface area contributed by atoms with Crippen molar-refractivity contribution in [3.05, 3.63) is 236 Å². The van der Waals surface area contributed by atoms with Crippen molar-refractivity contribution >= 4 is 53.4 Å². The molecule has 5 heteroatoms. The maximum absolute atomic E-state index is 9.76. The zero-order chi connectivity index (χ0) is 50.2. The average molecular weight is 892 g/mol. The van der Waals surface area contributed by atoms with Crippen molar-refractivity contribution in [2.75, 3.05) is 0 Å². The van der Waals surface area contributed by atoms with E-state index in [0.717, 1.165) is 33.4 Å². The molecule has 68 heavy (non-hydrogen) atoms. The summed E-state index contributed by atoms with van der Waals surface area (Å²) in [6.07, 6.45) is 0. The first-order valence-electron chi connectivity index (χ1n) is 25.3. The molecule has 318 valence electrons. The largest absolute Gasteiger partial charge is 0.456 e. The highest BCUT2D eigenvalue weighted by Crippen LogP contribution is 2.44. The Balaban J connectivity index is 0.968. The Bertz CT molecular complexity index is 4350. The molecular weight excluding hydrogens is 847 g/mol. The van der Waals surface area contributed by atoms with Crippen LogP contribution < -0.4 is 0 Å². The molecule has 3 heterocycles. The molecule has 4 nitrogen and oxygen atoms in total. The van der Waals surface area contributed by atoms with Crippen LogP contribution >= 0.6 is 11.3 Å². The predicted molar refractivity (Wildman–Crippen MR) is 283 cm³/mol. The van der Waals surface area contributed by atoms with Gasteiger partial charge in [0.2, 0.25) is 0 Å². The molecule has 10 aromatic carbocycles. The zero-order valence-electron chi connectivity index (χ0n) is 42.2. The second-order valence-corrected chi connectivity index (χ2v) is 17.6. The molecule has 0 atom stereocenters. The van der Waals surface area contributed by atoms with Crippen LogP contribution in [-0.2, 0) is 0 Å². The van der Waals surface area contributed by atoms with E-state index in [1.807, 2.05) is 127 Å². The zero-order valence-corrected chi connectivity index (χ0v) is 37.0. The third kappa shape index (κ3) is 7.05. The minimum absolute atomic E-state index is 0.000533. The molecule has 0 unspecified atom stereocenters. The van der Waals surface area contributed by atoms with Gasteiger partial charge in [-0.15, -0.1) is 11.3 Å². The average Bonchev–Trinajstić information content (AvgIpc) is 4.09. The van der Waals surface area contributed by atoms with Crippen LogP contribution in [-0.4, -0.2) is 15.0 Å². The Morgan fingerprint density at radius 2 is 0.809 bits per heavy atom. The first-order chi connectivity index (χ1) is 36.2. The predicted octanol–water partition coefficient (Wildman–Crippen LogP) is 17.5. The van der Waals surface area contributed by atoms with Gasteiger partial charge in [-0.3, -0.25) is 0 Å². The summed E-state index contributed by atoms with van der Waals surface area (Å²) in [4.78, 5) is 14.9. The summed E-state index contributed by atoms with van der Waals surface area (Å²) in [5.41, 5.74) is 10.4. The van der Waals surface area contributed by atoms with Gasteiger partial charge < -0.3 is 4.42 Å². The number of fused-ring (bicyclic) bond motifs is 6. The summed E-state index contributed by atoms with van der Waals surface area (Å²) in [5.74, 6) is 0.610. The topological polar surface area (TPSA) is 51.8 Å². The molecule has 0 bridgehead atoms. The number of hydrogen-bond acceptors (Lipinski definition) is 5. The molecule has 0 saturated heterocycles. The normalized spacial score (nSPS) is 12.8. The van der Waals surface area contributed by atoms with Crippen molar-refractivity contribution in [3.8, 4) is 89.8 Å². The van der Waals surface area contributed by atoms with Gasteiger partial charge in [0.15, 0.2) is 17.5 Å². The van der Waals surface area contributed by atoms with Gasteiger partial charge in [0.25, 0.3) is 0 Å². The van der Waals surface area contributed by atoms with Crippen LogP contribution in [0.3, 0.4) is 0 Å². The van der Waals surface area contributed by atoms with Gasteiger partial charge >= 0.3 is 0 Å². The van der Waals surface area contributed by atoms with Gasteiger partial charge in [-0.25, -0.2) is 15.0 Å². The summed E-state index contributed by atoms with van der Waals surface area (Å²) in [6.45, 7) is 0. The summed E-state index contributed by atoms with van der Waals surface area (Å²) >= 11 is 1.79. The minimum atomic E-state index is -0.352. The Morgan fingerprint density at radius 1 is 0.338 bits per heavy atom. The standard InChI is InChI=1S/C63H39N3OS/c1-4-14-40(15-5-1)42-28-32-45(33-29-42)61-64-62(46-34-30-44(31-35-46)52-24-12-26-54-53-25-11-23-51(59(53)68-60(52)54)43-18-8-3-9-19-43)66-63(65-61)49-36-37-55-57(39-49)67-56-27-13-22-50(58(55)56)48-21-10-20-47(38-48)41-16-6-2-7-17-41/h1-39H/i13D,22D,27D,36D,37D,39D. The highest BCUT2D eigenvalue weighted by Gasteiger charge is 2.19. The van der Waals surface area contributed by atoms with E-state index >= 15 is 0 Å². The van der Waals surface area contributed by atoms with E-state index in [1.165, 1.54) is 31.3 Å². The molecule has 0 aliphatic rings. The molecule has 0 aliphatic heterocycles. The van der Waals surface area contributed by atoms with Crippen LogP contribution in [0.25, 0.3) is 132 Å². The fourth-order valence-electron chi connectivity index (χ4n) is 9.14. The lowest BCUT2D eigenvalue weighted by Gasteiger charge is -2.10. The van der Waals surface area contributed by atoms with E-state index in [4.69, 9.17) is 22.1 Å². The molecule has 0 fully saturated rings. The molecular formula is C63H39N3OS. The maximum atomic E-state index is 9.76. The molecule has 3 aromatic heterocycles. The number of furan rings is 1. The molecule has 13 aromatic rings. The van der Waals surface area contributed by atoms with Gasteiger partial charge in [-0.05, 0) is 79.8 Å². The van der Waals surface area contributed by atoms with Crippen LogP contribution in [0.2, 0.25) is 0 Å². The lowest BCUT2D eigenvalue weighted by molar-refractivity contribution is 0.669. The van der Waals surface area contributed by atoms with Crippen LogP contribution in [0.4, 0.5) is 0 Å². The first-order valence-corrected chi connectivity index (χ1v) is 23.2. The van der Waals surface area contributed by atoms with Crippen LogP contribution in [0.5, 0.6) is 0 Å². The fraction of sp³-hybridized carbons (Fsp3) is 0. The summed E-state index contributed by atoms with van der Waals surface area (Å²) in [6, 6.07) is 64.9. The highest BCUT2D eigenvalue weighted by atomic mass is 32.1. The highest BCUT2D eigenvalue weighted by molar-refractivity contribution is 7.26. The Labute approximate surface area is 405 Å². The molecule has 0 amide bonds. The Morgan fingerprint density at radius 3 is 1.43 bits per heavy atom. The van der Waals surface area contributed by atoms with Gasteiger partial charge in [-0.1, -0.05) is 212 Å².